The van der Waals surface area contributed by atoms with Crippen molar-refractivity contribution >= 4 is 23.2 Å². The number of rotatable bonds is 6. The second-order valence-electron chi connectivity index (χ2n) is 6.07. The lowest BCUT2D eigenvalue weighted by atomic mass is 10.3. The van der Waals surface area contributed by atoms with Crippen LogP contribution in [0, 0.1) is 0 Å². The molecule has 0 aliphatic heterocycles. The third-order valence-electron chi connectivity index (χ3n) is 4.69. The third kappa shape index (κ3) is 3.02. The molecule has 0 aliphatic rings. The van der Waals surface area contributed by atoms with Crippen LogP contribution in [0.2, 0.25) is 0 Å². The molecule has 0 heterocycles. The Kier molecular flexibility index (Phi) is 5.45. The van der Waals surface area contributed by atoms with Gasteiger partial charge in [-0.3, -0.25) is 0 Å². The van der Waals surface area contributed by atoms with Gasteiger partial charge in [0.15, 0.2) is 0 Å². The minimum Gasteiger partial charge on any atom is -0.854 e. The van der Waals surface area contributed by atoms with Gasteiger partial charge < -0.3 is 5.11 Å². The molecule has 0 fully saturated rings. The van der Waals surface area contributed by atoms with Crippen molar-refractivity contribution in [2.75, 3.05) is 6.61 Å². The van der Waals surface area contributed by atoms with E-state index in [0.717, 1.165) is 0 Å². The largest absolute Gasteiger partial charge is 0.854 e. The Balaban J connectivity index is 2.33. The summed E-state index contributed by atoms with van der Waals surface area (Å²) in [5.74, 6) is 0. The van der Waals surface area contributed by atoms with E-state index in [4.69, 9.17) is 0 Å². The molecule has 1 atom stereocenters. The Bertz CT molecular complexity index is 644. The highest BCUT2D eigenvalue weighted by atomic mass is 31.2. The fourth-order valence-corrected chi connectivity index (χ4v) is 8.41. The van der Waals surface area contributed by atoms with Crippen LogP contribution < -0.4 is 21.0 Å². The summed E-state index contributed by atoms with van der Waals surface area (Å²) < 4.78 is 0. The van der Waals surface area contributed by atoms with Crippen LogP contribution in [0.3, 0.4) is 0 Å². The minimum absolute atomic E-state index is 0.0323. The molecule has 3 aromatic rings. The number of hydrogen-bond donors (Lipinski definition) is 0. The predicted octanol–water partition coefficient (Wildman–Crippen LogP) is 3.12. The van der Waals surface area contributed by atoms with Crippen LogP contribution in [0.4, 0.5) is 0 Å². The van der Waals surface area contributed by atoms with Crippen LogP contribution >= 0.6 is 7.26 Å². The predicted molar refractivity (Wildman–Crippen MR) is 104 cm³/mol. The summed E-state index contributed by atoms with van der Waals surface area (Å²) >= 11 is 0. The lowest BCUT2D eigenvalue weighted by Gasteiger charge is -2.33. The summed E-state index contributed by atoms with van der Waals surface area (Å²) in [6, 6.07) is 32.2. The molecular weight excluding hydrogens is 311 g/mol. The highest BCUT2D eigenvalue weighted by molar-refractivity contribution is 7.96. The lowest BCUT2D eigenvalue weighted by Crippen LogP contribution is -2.38. The Hall–Kier alpha value is -1.95. The van der Waals surface area contributed by atoms with Gasteiger partial charge in [0.25, 0.3) is 0 Å². The van der Waals surface area contributed by atoms with E-state index in [1.165, 1.54) is 15.9 Å². The standard InChI is InChI=1S/C22H23OP/c1-19(17-18-23)24(20-11-5-2-6-12-20,21-13-7-3-8-14-21)22-15-9-4-10-16-22/h2-16,19H,17-18H2,1H3. The van der Waals surface area contributed by atoms with Crippen LogP contribution in [0.5, 0.6) is 0 Å². The fraction of sp³-hybridized carbons (Fsp3) is 0.182. The maximum Gasteiger partial charge on any atom is 0.114 e. The highest BCUT2D eigenvalue weighted by Crippen LogP contribution is 2.60. The first-order valence-corrected chi connectivity index (χ1v) is 10.3. The van der Waals surface area contributed by atoms with Crippen LogP contribution in [0.15, 0.2) is 91.0 Å². The van der Waals surface area contributed by atoms with Crippen molar-refractivity contribution in [3.8, 4) is 0 Å². The van der Waals surface area contributed by atoms with Gasteiger partial charge in [-0.05, 0) is 49.7 Å². The van der Waals surface area contributed by atoms with Gasteiger partial charge in [-0.2, -0.15) is 0 Å². The molecular formula is C22H23OP. The molecule has 24 heavy (non-hydrogen) atoms. The van der Waals surface area contributed by atoms with Gasteiger partial charge in [0, 0.05) is 0 Å². The summed E-state index contributed by atoms with van der Waals surface area (Å²) in [6.45, 7) is 2.22. The zero-order chi connectivity index (χ0) is 16.8. The molecule has 3 rings (SSSR count). The van der Waals surface area contributed by atoms with Gasteiger partial charge in [0.1, 0.15) is 23.2 Å². The summed E-state index contributed by atoms with van der Waals surface area (Å²) in [4.78, 5) is 0. The van der Waals surface area contributed by atoms with Gasteiger partial charge in [-0.15, -0.1) is 6.61 Å². The van der Waals surface area contributed by atoms with Crippen LogP contribution in [-0.2, 0) is 0 Å². The Morgan fingerprint density at radius 3 is 1.29 bits per heavy atom. The molecule has 0 radical (unpaired) electrons. The second-order valence-corrected chi connectivity index (χ2v) is 9.95. The molecule has 0 saturated heterocycles. The SMILES string of the molecule is CC(CC[O-])[P+](c1ccccc1)(c1ccccc1)c1ccccc1. The molecule has 0 aliphatic carbocycles. The summed E-state index contributed by atoms with van der Waals surface area (Å²) in [5, 5.41) is 15.5. The average molecular weight is 334 g/mol. The molecule has 2 heteroatoms. The zero-order valence-corrected chi connectivity index (χ0v) is 14.9. The molecule has 3 aromatic carbocycles. The molecule has 0 N–H and O–H groups in total. The Morgan fingerprint density at radius 1 is 0.667 bits per heavy atom. The van der Waals surface area contributed by atoms with Crippen molar-refractivity contribution in [2.45, 2.75) is 19.0 Å². The van der Waals surface area contributed by atoms with E-state index in [-0.39, 0.29) is 6.61 Å². The number of hydrogen-bond acceptors (Lipinski definition) is 1. The lowest BCUT2D eigenvalue weighted by molar-refractivity contribution is -0.368. The maximum atomic E-state index is 11.5. The van der Waals surface area contributed by atoms with Crippen molar-refractivity contribution in [3.05, 3.63) is 91.0 Å². The molecule has 0 bridgehead atoms. The van der Waals surface area contributed by atoms with Crippen molar-refractivity contribution < 1.29 is 5.11 Å². The van der Waals surface area contributed by atoms with E-state index >= 15 is 0 Å². The van der Waals surface area contributed by atoms with E-state index in [9.17, 15) is 5.11 Å². The molecule has 122 valence electrons. The van der Waals surface area contributed by atoms with Gasteiger partial charge in [-0.1, -0.05) is 54.6 Å². The molecule has 1 nitrogen and oxygen atoms in total. The van der Waals surface area contributed by atoms with Crippen LogP contribution in [0.1, 0.15) is 13.3 Å². The van der Waals surface area contributed by atoms with E-state index in [0.29, 0.717) is 12.1 Å². The first-order valence-electron chi connectivity index (χ1n) is 8.44. The van der Waals surface area contributed by atoms with Crippen LogP contribution in [-0.4, -0.2) is 12.3 Å². The topological polar surface area (TPSA) is 23.1 Å². The van der Waals surface area contributed by atoms with Crippen LogP contribution in [0.25, 0.3) is 0 Å². The molecule has 0 amide bonds. The van der Waals surface area contributed by atoms with E-state index in [1.54, 1.807) is 0 Å². The molecule has 0 saturated carbocycles. The summed E-state index contributed by atoms with van der Waals surface area (Å²) in [6.07, 6.45) is 0.687. The maximum absolute atomic E-state index is 11.5. The first kappa shape index (κ1) is 16.9. The molecule has 1 unspecified atom stereocenters. The van der Waals surface area contributed by atoms with Gasteiger partial charge in [-0.25, -0.2) is 0 Å². The van der Waals surface area contributed by atoms with Crippen molar-refractivity contribution in [1.82, 2.24) is 0 Å². The van der Waals surface area contributed by atoms with Gasteiger partial charge in [0.05, 0.1) is 5.66 Å². The summed E-state index contributed by atoms with van der Waals surface area (Å²) in [5.41, 5.74) is 0.308. The van der Waals surface area contributed by atoms with Gasteiger partial charge in [0.2, 0.25) is 0 Å². The van der Waals surface area contributed by atoms with Gasteiger partial charge >= 0.3 is 0 Å². The average Bonchev–Trinajstić information content (AvgIpc) is 2.65. The second kappa shape index (κ2) is 7.75. The van der Waals surface area contributed by atoms with Crippen molar-refractivity contribution in [2.24, 2.45) is 0 Å². The minimum atomic E-state index is -1.86. The Labute approximate surface area is 145 Å². The van der Waals surface area contributed by atoms with E-state index < -0.39 is 7.26 Å². The normalized spacial score (nSPS) is 12.8. The third-order valence-corrected chi connectivity index (χ3v) is 9.61. The smallest absolute Gasteiger partial charge is 0.114 e. The molecule has 0 spiro atoms. The molecule has 0 aromatic heterocycles. The Morgan fingerprint density at radius 2 is 1.00 bits per heavy atom. The zero-order valence-electron chi connectivity index (χ0n) is 14.0. The fourth-order valence-electron chi connectivity index (χ4n) is 3.56. The monoisotopic (exact) mass is 334 g/mol. The van der Waals surface area contributed by atoms with E-state index in [1.807, 2.05) is 0 Å². The number of benzene rings is 3. The van der Waals surface area contributed by atoms with Crippen molar-refractivity contribution in [3.63, 3.8) is 0 Å². The first-order chi connectivity index (χ1) is 11.8. The highest BCUT2D eigenvalue weighted by Gasteiger charge is 2.49. The van der Waals surface area contributed by atoms with Crippen molar-refractivity contribution in [1.29, 1.82) is 0 Å². The summed E-state index contributed by atoms with van der Waals surface area (Å²) in [7, 11) is -1.86. The van der Waals surface area contributed by atoms with E-state index in [2.05, 4.69) is 97.9 Å². The quantitative estimate of drug-likeness (QED) is 0.635.